The number of hydrogen-bond acceptors (Lipinski definition) is 4. The van der Waals surface area contributed by atoms with Crippen molar-refractivity contribution in [2.45, 2.75) is 26.2 Å². The van der Waals surface area contributed by atoms with E-state index in [0.717, 1.165) is 29.9 Å². The van der Waals surface area contributed by atoms with Gasteiger partial charge < -0.3 is 0 Å². The van der Waals surface area contributed by atoms with Crippen LogP contribution in [0.5, 0.6) is 0 Å². The molecule has 0 unspecified atom stereocenters. The van der Waals surface area contributed by atoms with Crippen molar-refractivity contribution in [3.8, 4) is 0 Å². The third-order valence-electron chi connectivity index (χ3n) is 3.55. The number of nitro benzene ring substituents is 1. The number of nitro groups is 1. The van der Waals surface area contributed by atoms with E-state index in [-0.39, 0.29) is 11.5 Å². The second-order valence-corrected chi connectivity index (χ2v) is 6.16. The molecule has 0 bridgehead atoms. The van der Waals surface area contributed by atoms with Gasteiger partial charge in [-0.15, -0.1) is 0 Å². The van der Waals surface area contributed by atoms with Crippen LogP contribution in [0.25, 0.3) is 0 Å². The maximum atomic E-state index is 12.3. The van der Waals surface area contributed by atoms with E-state index >= 15 is 0 Å². The largest absolute Gasteiger partial charge is 0.294 e. The summed E-state index contributed by atoms with van der Waals surface area (Å²) in [5.41, 5.74) is 1.32. The van der Waals surface area contributed by atoms with Crippen molar-refractivity contribution in [3.05, 3.63) is 39.4 Å². The smallest absolute Gasteiger partial charge is 0.270 e. The van der Waals surface area contributed by atoms with E-state index in [2.05, 4.69) is 0 Å². The highest BCUT2D eigenvalue weighted by molar-refractivity contribution is 7.99. The molecule has 1 saturated heterocycles. The standard InChI is InChI=1S/C14H17NO3S/c1-10-2-3-12(15(17)18)9-13(10)14(16)8-11-4-6-19-7-5-11/h2-3,9,11H,4-8H2,1H3. The molecule has 0 N–H and O–H groups in total. The van der Waals surface area contributed by atoms with Gasteiger partial charge in [0.2, 0.25) is 0 Å². The lowest BCUT2D eigenvalue weighted by atomic mass is 9.92. The highest BCUT2D eigenvalue weighted by atomic mass is 32.2. The zero-order valence-corrected chi connectivity index (χ0v) is 11.7. The molecule has 1 aliphatic rings. The van der Waals surface area contributed by atoms with Crippen LogP contribution in [0.15, 0.2) is 18.2 Å². The molecule has 1 aliphatic heterocycles. The fourth-order valence-electron chi connectivity index (χ4n) is 2.35. The van der Waals surface area contributed by atoms with E-state index in [4.69, 9.17) is 0 Å². The van der Waals surface area contributed by atoms with Crippen molar-refractivity contribution >= 4 is 23.2 Å². The molecular formula is C14H17NO3S. The first kappa shape index (κ1) is 14.1. The minimum Gasteiger partial charge on any atom is -0.294 e. The molecule has 0 spiro atoms. The Hall–Kier alpha value is -1.36. The Morgan fingerprint density at radius 1 is 1.42 bits per heavy atom. The third-order valence-corrected chi connectivity index (χ3v) is 4.60. The third kappa shape index (κ3) is 3.56. The van der Waals surface area contributed by atoms with Gasteiger partial charge in [0.05, 0.1) is 4.92 Å². The Kier molecular flexibility index (Phi) is 4.58. The summed E-state index contributed by atoms with van der Waals surface area (Å²) >= 11 is 1.93. The predicted octanol–water partition coefficient (Wildman–Crippen LogP) is 3.62. The van der Waals surface area contributed by atoms with E-state index in [1.54, 1.807) is 6.07 Å². The first-order valence-electron chi connectivity index (χ1n) is 6.44. The van der Waals surface area contributed by atoms with E-state index < -0.39 is 4.92 Å². The Labute approximate surface area is 116 Å². The highest BCUT2D eigenvalue weighted by Gasteiger charge is 2.20. The fourth-order valence-corrected chi connectivity index (χ4v) is 3.55. The lowest BCUT2D eigenvalue weighted by molar-refractivity contribution is -0.384. The van der Waals surface area contributed by atoms with Crippen molar-refractivity contribution in [2.75, 3.05) is 11.5 Å². The van der Waals surface area contributed by atoms with E-state index in [1.807, 2.05) is 18.7 Å². The van der Waals surface area contributed by atoms with Crippen molar-refractivity contribution in [2.24, 2.45) is 5.92 Å². The Morgan fingerprint density at radius 3 is 2.74 bits per heavy atom. The number of thioether (sulfide) groups is 1. The van der Waals surface area contributed by atoms with Gasteiger partial charge in [-0.2, -0.15) is 11.8 Å². The summed E-state index contributed by atoms with van der Waals surface area (Å²) in [5, 5.41) is 10.8. The minimum absolute atomic E-state index is 0.00634. The Bertz CT molecular complexity index is 495. The summed E-state index contributed by atoms with van der Waals surface area (Å²) in [7, 11) is 0. The van der Waals surface area contributed by atoms with Gasteiger partial charge in [-0.05, 0) is 42.8 Å². The monoisotopic (exact) mass is 279 g/mol. The zero-order chi connectivity index (χ0) is 13.8. The molecule has 1 fully saturated rings. The molecule has 19 heavy (non-hydrogen) atoms. The second-order valence-electron chi connectivity index (χ2n) is 4.94. The maximum absolute atomic E-state index is 12.3. The molecule has 0 saturated carbocycles. The number of aryl methyl sites for hydroxylation is 1. The maximum Gasteiger partial charge on any atom is 0.270 e. The number of Topliss-reactive ketones (excluding diaryl/α,β-unsaturated/α-hetero) is 1. The van der Waals surface area contributed by atoms with Crippen molar-refractivity contribution in [1.82, 2.24) is 0 Å². The normalized spacial score (nSPS) is 16.3. The summed E-state index contributed by atoms with van der Waals surface area (Å²) in [5.74, 6) is 2.71. The molecular weight excluding hydrogens is 262 g/mol. The lowest BCUT2D eigenvalue weighted by Gasteiger charge is -2.20. The van der Waals surface area contributed by atoms with Crippen LogP contribution in [0.2, 0.25) is 0 Å². The summed E-state index contributed by atoms with van der Waals surface area (Å²) in [6.45, 7) is 1.83. The first-order chi connectivity index (χ1) is 9.08. The zero-order valence-electron chi connectivity index (χ0n) is 10.9. The Morgan fingerprint density at radius 2 is 2.11 bits per heavy atom. The lowest BCUT2D eigenvalue weighted by Crippen LogP contribution is -2.15. The van der Waals surface area contributed by atoms with Crippen molar-refractivity contribution < 1.29 is 9.72 Å². The van der Waals surface area contributed by atoms with Crippen molar-refractivity contribution in [3.63, 3.8) is 0 Å². The van der Waals surface area contributed by atoms with Crippen LogP contribution >= 0.6 is 11.8 Å². The number of ketones is 1. The van der Waals surface area contributed by atoms with Crippen LogP contribution in [0.1, 0.15) is 35.2 Å². The molecule has 4 nitrogen and oxygen atoms in total. The van der Waals surface area contributed by atoms with Gasteiger partial charge in [-0.3, -0.25) is 14.9 Å². The van der Waals surface area contributed by atoms with E-state index in [0.29, 0.717) is 17.9 Å². The first-order valence-corrected chi connectivity index (χ1v) is 7.59. The molecule has 102 valence electrons. The molecule has 0 aliphatic carbocycles. The number of benzene rings is 1. The summed E-state index contributed by atoms with van der Waals surface area (Å²) in [6.07, 6.45) is 2.66. The minimum atomic E-state index is -0.451. The van der Waals surface area contributed by atoms with Crippen LogP contribution < -0.4 is 0 Å². The molecule has 0 radical (unpaired) electrons. The van der Waals surface area contributed by atoms with Crippen LogP contribution in [-0.2, 0) is 0 Å². The molecule has 5 heteroatoms. The second kappa shape index (κ2) is 6.19. The van der Waals surface area contributed by atoms with Crippen LogP contribution in [0.3, 0.4) is 0 Å². The molecule has 0 aromatic heterocycles. The number of hydrogen-bond donors (Lipinski definition) is 0. The van der Waals surface area contributed by atoms with Gasteiger partial charge in [0, 0.05) is 24.1 Å². The van der Waals surface area contributed by atoms with Gasteiger partial charge in [-0.25, -0.2) is 0 Å². The summed E-state index contributed by atoms with van der Waals surface area (Å²) < 4.78 is 0. The van der Waals surface area contributed by atoms with Crippen molar-refractivity contribution in [1.29, 1.82) is 0 Å². The number of nitrogens with zero attached hydrogens (tertiary/aromatic N) is 1. The van der Waals surface area contributed by atoms with Gasteiger partial charge in [0.15, 0.2) is 5.78 Å². The summed E-state index contributed by atoms with van der Waals surface area (Å²) in [4.78, 5) is 22.6. The van der Waals surface area contributed by atoms with Crippen LogP contribution in [-0.4, -0.2) is 22.2 Å². The average molecular weight is 279 g/mol. The number of rotatable bonds is 4. The van der Waals surface area contributed by atoms with Gasteiger partial charge in [0.1, 0.15) is 0 Å². The molecule has 1 aromatic carbocycles. The highest BCUT2D eigenvalue weighted by Crippen LogP contribution is 2.28. The van der Waals surface area contributed by atoms with Crippen LogP contribution in [0.4, 0.5) is 5.69 Å². The molecule has 2 rings (SSSR count). The summed E-state index contributed by atoms with van der Waals surface area (Å²) in [6, 6.07) is 4.51. The molecule has 1 aromatic rings. The average Bonchev–Trinajstić information content (AvgIpc) is 2.40. The Balaban J connectivity index is 2.13. The van der Waals surface area contributed by atoms with Gasteiger partial charge in [-0.1, -0.05) is 6.07 Å². The SMILES string of the molecule is Cc1ccc([N+](=O)[O-])cc1C(=O)CC1CCSCC1. The van der Waals surface area contributed by atoms with Crippen LogP contribution in [0, 0.1) is 23.0 Å². The number of carbonyl (C=O) groups excluding carboxylic acids is 1. The molecule has 0 atom stereocenters. The van der Waals surface area contributed by atoms with Gasteiger partial charge >= 0.3 is 0 Å². The predicted molar refractivity (Wildman–Crippen MR) is 76.8 cm³/mol. The molecule has 1 heterocycles. The molecule has 0 amide bonds. The van der Waals surface area contributed by atoms with Gasteiger partial charge in [0.25, 0.3) is 5.69 Å². The fraction of sp³-hybridized carbons (Fsp3) is 0.500. The van der Waals surface area contributed by atoms with E-state index in [1.165, 1.54) is 12.1 Å². The number of non-ortho nitro benzene ring substituents is 1. The van der Waals surface area contributed by atoms with E-state index in [9.17, 15) is 14.9 Å². The quantitative estimate of drug-likeness (QED) is 0.480. The number of carbonyl (C=O) groups is 1. The topological polar surface area (TPSA) is 60.2 Å².